The number of aliphatic carboxylic acids is 1. The summed E-state index contributed by atoms with van der Waals surface area (Å²) < 4.78 is 50.1. The predicted octanol–water partition coefficient (Wildman–Crippen LogP) is 7.93. The summed E-state index contributed by atoms with van der Waals surface area (Å²) in [6, 6.07) is 10.0. The average molecular weight is 567 g/mol. The summed E-state index contributed by atoms with van der Waals surface area (Å²) in [4.78, 5) is 16.6. The average Bonchev–Trinajstić information content (AvgIpc) is 3.36. The van der Waals surface area contributed by atoms with Gasteiger partial charge in [0.05, 0.1) is 22.7 Å². The van der Waals surface area contributed by atoms with E-state index in [9.17, 15) is 27.5 Å². The van der Waals surface area contributed by atoms with Crippen LogP contribution in [0, 0.1) is 11.2 Å². The molecule has 1 aromatic carbocycles. The number of halogens is 4. The molecule has 2 aromatic heterocycles. The van der Waals surface area contributed by atoms with E-state index in [2.05, 4.69) is 36.2 Å². The lowest BCUT2D eigenvalue weighted by molar-refractivity contribution is -0.151. The highest BCUT2D eigenvalue weighted by Crippen LogP contribution is 2.39. The zero-order valence-electron chi connectivity index (χ0n) is 23.5. The molecule has 220 valence electrons. The number of benzene rings is 1. The Morgan fingerprint density at radius 1 is 1.02 bits per heavy atom. The van der Waals surface area contributed by atoms with Crippen molar-refractivity contribution in [1.82, 2.24) is 14.8 Å². The maximum atomic E-state index is 12.5. The second-order valence-electron chi connectivity index (χ2n) is 10.4. The molecular formula is C29H38F4N4O3. The Labute approximate surface area is 232 Å². The number of hydrogen-bond acceptors (Lipinski definition) is 5. The Morgan fingerprint density at radius 2 is 1.65 bits per heavy atom. The summed E-state index contributed by atoms with van der Waals surface area (Å²) in [5.41, 5.74) is -1.45. The molecule has 3 N–H and O–H groups in total. The Balaban J connectivity index is 0.000000336. The Morgan fingerprint density at radius 3 is 2.20 bits per heavy atom. The zero-order valence-corrected chi connectivity index (χ0v) is 23.5. The molecule has 0 saturated heterocycles. The number of alkyl halides is 3. The van der Waals surface area contributed by atoms with Gasteiger partial charge in [-0.1, -0.05) is 45.2 Å². The fourth-order valence-corrected chi connectivity index (χ4v) is 4.49. The lowest BCUT2D eigenvalue weighted by Gasteiger charge is -2.33. The second kappa shape index (κ2) is 13.6. The van der Waals surface area contributed by atoms with Crippen molar-refractivity contribution in [2.24, 2.45) is 5.41 Å². The van der Waals surface area contributed by atoms with E-state index in [4.69, 9.17) is 5.11 Å². The van der Waals surface area contributed by atoms with E-state index in [1.165, 1.54) is 0 Å². The van der Waals surface area contributed by atoms with Crippen molar-refractivity contribution >= 4 is 17.6 Å². The van der Waals surface area contributed by atoms with E-state index in [1.807, 2.05) is 42.8 Å². The fraction of sp³-hybridized carbons (Fsp3) is 0.483. The zero-order chi connectivity index (χ0) is 30.1. The predicted molar refractivity (Wildman–Crippen MR) is 146 cm³/mol. The van der Waals surface area contributed by atoms with Crippen LogP contribution in [0.2, 0.25) is 0 Å². The van der Waals surface area contributed by atoms with Gasteiger partial charge in [0.1, 0.15) is 11.6 Å². The van der Waals surface area contributed by atoms with Crippen molar-refractivity contribution in [3.05, 3.63) is 65.7 Å². The first-order chi connectivity index (χ1) is 18.7. The van der Waals surface area contributed by atoms with Crippen molar-refractivity contribution in [2.75, 3.05) is 5.32 Å². The summed E-state index contributed by atoms with van der Waals surface area (Å²) >= 11 is 0. The molecule has 40 heavy (non-hydrogen) atoms. The normalized spacial score (nSPS) is 14.7. The van der Waals surface area contributed by atoms with E-state index in [-0.39, 0.29) is 5.54 Å². The molecule has 0 aliphatic heterocycles. The van der Waals surface area contributed by atoms with E-state index in [1.54, 1.807) is 6.20 Å². The first-order valence-corrected chi connectivity index (χ1v) is 13.3. The third kappa shape index (κ3) is 8.43. The lowest BCUT2D eigenvalue weighted by Crippen LogP contribution is -2.35. The number of nitrogens with one attached hydrogen (secondary N) is 1. The number of anilines is 2. The van der Waals surface area contributed by atoms with E-state index >= 15 is 0 Å². The molecule has 4 rings (SSSR count). The Bertz CT molecular complexity index is 1250. The van der Waals surface area contributed by atoms with Gasteiger partial charge in [-0.2, -0.15) is 18.3 Å². The van der Waals surface area contributed by atoms with Crippen molar-refractivity contribution in [3.63, 3.8) is 0 Å². The largest absolute Gasteiger partial charge is 0.505 e. The smallest absolute Gasteiger partial charge is 0.419 e. The van der Waals surface area contributed by atoms with Crippen LogP contribution in [0.1, 0.15) is 78.0 Å². The minimum Gasteiger partial charge on any atom is -0.505 e. The van der Waals surface area contributed by atoms with E-state index < -0.39 is 34.7 Å². The summed E-state index contributed by atoms with van der Waals surface area (Å²) in [5.74, 6) is -1.74. The molecule has 1 aliphatic carbocycles. The SMILES string of the molecule is CC.CC(C)(C)n1nccc1Nc1cccc(CC2(C(=O)O)CCCCC2)n1.Oc1cccc(C(F)(F)F)c1F. The summed E-state index contributed by atoms with van der Waals surface area (Å²) in [7, 11) is 0. The van der Waals surface area contributed by atoms with Crippen molar-refractivity contribution in [3.8, 4) is 5.75 Å². The lowest BCUT2D eigenvalue weighted by atomic mass is 9.71. The highest BCUT2D eigenvalue weighted by atomic mass is 19.4. The molecule has 0 atom stereocenters. The van der Waals surface area contributed by atoms with Crippen LogP contribution in [0.3, 0.4) is 0 Å². The highest BCUT2D eigenvalue weighted by Gasteiger charge is 2.40. The molecular weight excluding hydrogens is 528 g/mol. The molecule has 1 saturated carbocycles. The first-order valence-electron chi connectivity index (χ1n) is 13.3. The van der Waals surface area contributed by atoms with Crippen LogP contribution in [-0.2, 0) is 22.9 Å². The molecule has 0 unspecified atom stereocenters. The van der Waals surface area contributed by atoms with Crippen molar-refractivity contribution in [2.45, 2.75) is 84.9 Å². The number of aromatic nitrogens is 3. The molecule has 0 bridgehead atoms. The molecule has 0 radical (unpaired) electrons. The fourth-order valence-electron chi connectivity index (χ4n) is 4.49. The number of nitrogens with zero attached hydrogens (tertiary/aromatic N) is 3. The monoisotopic (exact) mass is 566 g/mol. The maximum Gasteiger partial charge on any atom is 0.419 e. The molecule has 1 fully saturated rings. The summed E-state index contributed by atoms with van der Waals surface area (Å²) in [6.45, 7) is 10.3. The van der Waals surface area contributed by atoms with Gasteiger partial charge in [-0.15, -0.1) is 0 Å². The van der Waals surface area contributed by atoms with Crippen LogP contribution in [0.15, 0.2) is 48.7 Å². The number of phenols is 1. The number of rotatable bonds is 5. The van der Waals surface area contributed by atoms with Gasteiger partial charge in [-0.3, -0.25) is 4.79 Å². The minimum atomic E-state index is -4.76. The second-order valence-corrected chi connectivity index (χ2v) is 10.4. The topological polar surface area (TPSA) is 100 Å². The minimum absolute atomic E-state index is 0.140. The van der Waals surface area contributed by atoms with E-state index in [0.29, 0.717) is 18.3 Å². The number of carboxylic acids is 1. The van der Waals surface area contributed by atoms with Gasteiger partial charge >= 0.3 is 12.1 Å². The molecule has 0 amide bonds. The number of phenolic OH excluding ortho intramolecular Hbond substituents is 1. The van der Waals surface area contributed by atoms with Crippen LogP contribution in [-0.4, -0.2) is 30.9 Å². The van der Waals surface area contributed by atoms with Crippen LogP contribution in [0.5, 0.6) is 5.75 Å². The standard InChI is InChI=1S/C20H28N4O2.C7H4F4O.C2H6/c1-19(2,3)24-17(10-13-21-24)23-16-9-7-8-15(22-16)14-20(18(25)26)11-5-4-6-12-20;8-6-4(7(9,10)11)2-1-3-5(6)12;1-2/h7-10,13H,4-6,11-12,14H2,1-3H3,(H,22,23)(H,25,26);1-3,12H;1-2H3. The van der Waals surface area contributed by atoms with Gasteiger partial charge in [0, 0.05) is 18.2 Å². The molecule has 2 heterocycles. The van der Waals surface area contributed by atoms with Gasteiger partial charge in [0.15, 0.2) is 11.6 Å². The van der Waals surface area contributed by atoms with Crippen LogP contribution < -0.4 is 5.32 Å². The molecule has 0 spiro atoms. The molecule has 11 heteroatoms. The summed E-state index contributed by atoms with van der Waals surface area (Å²) in [5, 5.41) is 26.1. The van der Waals surface area contributed by atoms with Crippen molar-refractivity contribution < 1.29 is 32.6 Å². The van der Waals surface area contributed by atoms with Crippen LogP contribution >= 0.6 is 0 Å². The Hall–Kier alpha value is -3.63. The third-order valence-electron chi connectivity index (χ3n) is 6.41. The van der Waals surface area contributed by atoms with Gasteiger partial charge in [0.2, 0.25) is 0 Å². The molecule has 1 aliphatic rings. The third-order valence-corrected chi connectivity index (χ3v) is 6.41. The number of carboxylic acid groups (broad SMARTS) is 1. The summed E-state index contributed by atoms with van der Waals surface area (Å²) in [6.07, 6.45) is 2.04. The first kappa shape index (κ1) is 32.6. The number of carbonyl (C=O) groups is 1. The van der Waals surface area contributed by atoms with Crippen molar-refractivity contribution in [1.29, 1.82) is 0 Å². The van der Waals surface area contributed by atoms with Crippen LogP contribution in [0.25, 0.3) is 0 Å². The highest BCUT2D eigenvalue weighted by molar-refractivity contribution is 5.75. The number of aromatic hydroxyl groups is 1. The Kier molecular flexibility index (Phi) is 11.1. The molecule has 3 aromatic rings. The quantitative estimate of drug-likeness (QED) is 0.271. The number of pyridine rings is 1. The number of hydrogen-bond donors (Lipinski definition) is 3. The van der Waals surface area contributed by atoms with E-state index in [0.717, 1.165) is 55.7 Å². The molecule has 7 nitrogen and oxygen atoms in total. The van der Waals surface area contributed by atoms with Gasteiger partial charge in [0.25, 0.3) is 0 Å². The van der Waals surface area contributed by atoms with Gasteiger partial charge in [-0.25, -0.2) is 14.1 Å². The maximum absolute atomic E-state index is 12.5. The van der Waals surface area contributed by atoms with Gasteiger partial charge < -0.3 is 15.5 Å². The van der Waals surface area contributed by atoms with Crippen LogP contribution in [0.4, 0.5) is 29.2 Å². The van der Waals surface area contributed by atoms with Gasteiger partial charge in [-0.05, 0) is 57.9 Å².